The van der Waals surface area contributed by atoms with Crippen LogP contribution in [0.1, 0.15) is 5.56 Å². The molecular formula is C22H24NO3PS2. The van der Waals surface area contributed by atoms with E-state index in [1.54, 1.807) is 7.11 Å². The zero-order valence-corrected chi connectivity index (χ0v) is 18.9. The largest absolute Gasteiger partial charge is 0.497 e. The minimum atomic E-state index is -2.53. The Morgan fingerprint density at radius 1 is 1.03 bits per heavy atom. The molecule has 152 valence electrons. The predicted molar refractivity (Wildman–Crippen MR) is 127 cm³/mol. The van der Waals surface area contributed by atoms with Gasteiger partial charge in [-0.05, 0) is 52.9 Å². The van der Waals surface area contributed by atoms with Crippen molar-refractivity contribution in [2.45, 2.75) is 6.54 Å². The van der Waals surface area contributed by atoms with Crippen molar-refractivity contribution in [1.82, 2.24) is 4.90 Å². The highest BCUT2D eigenvalue weighted by molar-refractivity contribution is 8.64. The fourth-order valence-corrected chi connectivity index (χ4v) is 5.84. The minimum Gasteiger partial charge on any atom is -0.497 e. The van der Waals surface area contributed by atoms with Crippen LogP contribution in [0.2, 0.25) is 0 Å². The maximum Gasteiger partial charge on any atom is 0.193 e. The van der Waals surface area contributed by atoms with Crippen LogP contribution in [0.3, 0.4) is 0 Å². The Bertz CT molecular complexity index is 1040. The number of nitrogens with zero attached hydrogens (tertiary/aromatic N) is 1. The first kappa shape index (κ1) is 20.7. The van der Waals surface area contributed by atoms with E-state index in [1.807, 2.05) is 30.3 Å². The number of benzene rings is 3. The van der Waals surface area contributed by atoms with Gasteiger partial charge in [-0.3, -0.25) is 4.90 Å². The standard InChI is InChI=1S/C22H24NO3PS2/c1-24-18-7-9-19(10-8-18)27(28,29)26-22-11-6-17-4-2-3-5-20(17)21(22)16-23-12-14-25-15-13-23/h2-11H,12-16H2,1H3,(H,28,29). The van der Waals surface area contributed by atoms with Gasteiger partial charge in [0.1, 0.15) is 11.5 Å². The number of hydrogen-bond donors (Lipinski definition) is 1. The Morgan fingerprint density at radius 2 is 1.76 bits per heavy atom. The number of fused-ring (bicyclic) bond motifs is 1. The van der Waals surface area contributed by atoms with Crippen molar-refractivity contribution in [3.63, 3.8) is 0 Å². The molecule has 0 aliphatic carbocycles. The second-order valence-corrected chi connectivity index (χ2v) is 12.7. The van der Waals surface area contributed by atoms with Crippen molar-refractivity contribution in [3.8, 4) is 11.5 Å². The predicted octanol–water partition coefficient (Wildman–Crippen LogP) is 4.62. The van der Waals surface area contributed by atoms with E-state index in [9.17, 15) is 0 Å². The molecule has 3 aromatic rings. The Hall–Kier alpha value is -1.56. The molecule has 0 bridgehead atoms. The minimum absolute atomic E-state index is 0.761. The molecule has 1 aliphatic rings. The molecule has 3 aromatic carbocycles. The van der Waals surface area contributed by atoms with Gasteiger partial charge in [-0.2, -0.15) is 0 Å². The summed E-state index contributed by atoms with van der Waals surface area (Å²) in [5.74, 6) is 1.60. The summed E-state index contributed by atoms with van der Waals surface area (Å²) >= 11 is 10.6. The Balaban J connectivity index is 1.69. The van der Waals surface area contributed by atoms with E-state index in [0.717, 1.165) is 55.2 Å². The van der Waals surface area contributed by atoms with Crippen LogP contribution in [0.15, 0.2) is 60.7 Å². The highest BCUT2D eigenvalue weighted by atomic mass is 32.9. The summed E-state index contributed by atoms with van der Waals surface area (Å²) < 4.78 is 17.2. The SMILES string of the molecule is COc1ccc(P(=S)(S)Oc2ccc3ccccc3c2CN2CCOCC2)cc1. The average Bonchev–Trinajstić information content (AvgIpc) is 2.76. The third-order valence-electron chi connectivity index (χ3n) is 5.10. The van der Waals surface area contributed by atoms with Crippen LogP contribution in [-0.4, -0.2) is 38.3 Å². The van der Waals surface area contributed by atoms with Gasteiger partial charge in [0.2, 0.25) is 0 Å². The molecule has 0 saturated carbocycles. The molecule has 29 heavy (non-hydrogen) atoms. The Morgan fingerprint density at radius 3 is 2.48 bits per heavy atom. The second-order valence-electron chi connectivity index (χ2n) is 6.96. The first-order valence-electron chi connectivity index (χ1n) is 9.54. The lowest BCUT2D eigenvalue weighted by Gasteiger charge is -2.29. The van der Waals surface area contributed by atoms with Gasteiger partial charge in [-0.15, -0.1) is 0 Å². The van der Waals surface area contributed by atoms with Gasteiger partial charge in [0.05, 0.1) is 20.3 Å². The van der Waals surface area contributed by atoms with Gasteiger partial charge < -0.3 is 14.0 Å². The molecule has 0 radical (unpaired) electrons. The van der Waals surface area contributed by atoms with Crippen LogP contribution in [-0.2, 0) is 23.1 Å². The molecule has 1 atom stereocenters. The Labute approximate surface area is 182 Å². The Kier molecular flexibility index (Phi) is 6.47. The zero-order chi connectivity index (χ0) is 20.3. The smallest absolute Gasteiger partial charge is 0.193 e. The van der Waals surface area contributed by atoms with Crippen molar-refractivity contribution in [2.24, 2.45) is 0 Å². The highest BCUT2D eigenvalue weighted by Gasteiger charge is 2.22. The lowest BCUT2D eigenvalue weighted by atomic mass is 10.0. The van der Waals surface area contributed by atoms with E-state index in [1.165, 1.54) is 10.8 Å². The van der Waals surface area contributed by atoms with E-state index in [4.69, 9.17) is 38.1 Å². The summed E-state index contributed by atoms with van der Waals surface area (Å²) in [6, 6.07) is 20.2. The second kappa shape index (κ2) is 9.07. The molecule has 1 heterocycles. The molecule has 0 spiro atoms. The molecule has 1 saturated heterocycles. The van der Waals surface area contributed by atoms with Gasteiger partial charge in [0, 0.05) is 30.5 Å². The van der Waals surface area contributed by atoms with Crippen molar-refractivity contribution in [1.29, 1.82) is 0 Å². The van der Waals surface area contributed by atoms with Crippen molar-refractivity contribution in [3.05, 3.63) is 66.2 Å². The molecular weight excluding hydrogens is 421 g/mol. The van der Waals surface area contributed by atoms with Crippen LogP contribution in [0.4, 0.5) is 0 Å². The monoisotopic (exact) mass is 445 g/mol. The summed E-state index contributed by atoms with van der Waals surface area (Å²) in [6.07, 6.45) is 0. The first-order valence-corrected chi connectivity index (χ1v) is 13.4. The molecule has 7 heteroatoms. The lowest BCUT2D eigenvalue weighted by molar-refractivity contribution is 0.0342. The van der Waals surface area contributed by atoms with Gasteiger partial charge in [0.15, 0.2) is 5.47 Å². The molecule has 1 fully saturated rings. The summed E-state index contributed by atoms with van der Waals surface area (Å²) in [5, 5.41) is 3.29. The average molecular weight is 446 g/mol. The lowest BCUT2D eigenvalue weighted by Crippen LogP contribution is -2.35. The molecule has 0 N–H and O–H groups in total. The van der Waals surface area contributed by atoms with Gasteiger partial charge in [-0.1, -0.05) is 42.6 Å². The number of rotatable bonds is 6. The summed E-state index contributed by atoms with van der Waals surface area (Å²) in [4.78, 5) is 2.40. The van der Waals surface area contributed by atoms with Gasteiger partial charge in [-0.25, -0.2) is 0 Å². The van der Waals surface area contributed by atoms with Crippen LogP contribution < -0.4 is 14.6 Å². The van der Waals surface area contributed by atoms with Crippen molar-refractivity contribution in [2.75, 3.05) is 33.4 Å². The van der Waals surface area contributed by atoms with E-state index in [-0.39, 0.29) is 0 Å². The van der Waals surface area contributed by atoms with Gasteiger partial charge in [0.25, 0.3) is 0 Å². The molecule has 1 unspecified atom stereocenters. The zero-order valence-electron chi connectivity index (χ0n) is 16.3. The summed E-state index contributed by atoms with van der Waals surface area (Å²) in [6.45, 7) is 4.15. The van der Waals surface area contributed by atoms with Crippen LogP contribution in [0, 0.1) is 0 Å². The fraction of sp³-hybridized carbons (Fsp3) is 0.273. The number of hydrogen-bond acceptors (Lipinski definition) is 5. The number of methoxy groups -OCH3 is 1. The van der Waals surface area contributed by atoms with Crippen molar-refractivity contribution >= 4 is 45.6 Å². The molecule has 4 rings (SSSR count). The number of ether oxygens (including phenoxy) is 2. The fourth-order valence-electron chi connectivity index (χ4n) is 3.50. The van der Waals surface area contributed by atoms with E-state index in [0.29, 0.717) is 0 Å². The molecule has 4 nitrogen and oxygen atoms in total. The van der Waals surface area contributed by atoms with Crippen LogP contribution in [0.25, 0.3) is 10.8 Å². The molecule has 0 aromatic heterocycles. The summed E-state index contributed by atoms with van der Waals surface area (Å²) in [7, 11) is 1.65. The highest BCUT2D eigenvalue weighted by Crippen LogP contribution is 2.52. The quantitative estimate of drug-likeness (QED) is 0.442. The van der Waals surface area contributed by atoms with Gasteiger partial charge >= 0.3 is 0 Å². The third-order valence-corrected chi connectivity index (χ3v) is 8.29. The van der Waals surface area contributed by atoms with E-state index < -0.39 is 5.47 Å². The van der Waals surface area contributed by atoms with Crippen molar-refractivity contribution < 1.29 is 14.0 Å². The first-order chi connectivity index (χ1) is 14.1. The van der Waals surface area contributed by atoms with E-state index in [2.05, 4.69) is 35.2 Å². The molecule has 1 aliphatic heterocycles. The normalized spacial score (nSPS) is 17.0. The number of thiol groups is 1. The summed E-state index contributed by atoms with van der Waals surface area (Å²) in [5.41, 5.74) is -1.37. The third kappa shape index (κ3) is 4.79. The maximum atomic E-state index is 6.43. The number of morpholine rings is 1. The van der Waals surface area contributed by atoms with E-state index >= 15 is 0 Å². The molecule has 0 amide bonds. The van der Waals surface area contributed by atoms with Crippen LogP contribution in [0.5, 0.6) is 11.5 Å². The maximum absolute atomic E-state index is 6.43. The van der Waals surface area contributed by atoms with Crippen LogP contribution >= 0.6 is 17.7 Å². The topological polar surface area (TPSA) is 30.9 Å².